The molecule has 0 aromatic heterocycles. The number of anilines is 1. The summed E-state index contributed by atoms with van der Waals surface area (Å²) in [7, 11) is -2.65. The minimum absolute atomic E-state index is 0.00788. The molecule has 0 saturated heterocycles. The molecule has 208 valence electrons. The number of carbonyl (C=O) groups is 2. The third-order valence-corrected chi connectivity index (χ3v) is 8.86. The smallest absolute Gasteiger partial charge is 0.264 e. The van der Waals surface area contributed by atoms with E-state index in [0.717, 1.165) is 15.4 Å². The van der Waals surface area contributed by atoms with E-state index < -0.39 is 28.5 Å². The molecule has 0 saturated carbocycles. The molecule has 7 nitrogen and oxygen atoms in total. The molecular weight excluding hydrogens is 557 g/mol. The van der Waals surface area contributed by atoms with Crippen LogP contribution in [0.15, 0.2) is 65.6 Å². The van der Waals surface area contributed by atoms with E-state index in [9.17, 15) is 18.0 Å². The molecule has 2 amide bonds. The number of nitrogens with one attached hydrogen (secondary N) is 1. The first-order valence-corrected chi connectivity index (χ1v) is 14.7. The lowest BCUT2D eigenvalue weighted by Gasteiger charge is -2.33. The summed E-state index contributed by atoms with van der Waals surface area (Å²) >= 11 is 12.5. The second-order valence-corrected chi connectivity index (χ2v) is 12.1. The first-order valence-electron chi connectivity index (χ1n) is 12.5. The number of rotatable bonds is 10. The van der Waals surface area contributed by atoms with Crippen LogP contribution in [0.5, 0.6) is 0 Å². The number of likely N-dealkylation sites (N-methyl/N-ethyl adjacent to an activating group) is 1. The molecule has 0 unspecified atom stereocenters. The molecule has 0 spiro atoms. The third kappa shape index (κ3) is 7.12. The Bertz CT molecular complexity index is 1460. The SMILES string of the molecule is CC[C@H](C(=O)NC)N(Cc1ccc(Cl)cc1Cl)C(=O)CN(c1ccc(C)cc1C)S(=O)(=O)c1ccc(C)cc1. The van der Waals surface area contributed by atoms with Gasteiger partial charge in [0, 0.05) is 23.6 Å². The van der Waals surface area contributed by atoms with Gasteiger partial charge in [-0.25, -0.2) is 8.42 Å². The number of benzene rings is 3. The highest BCUT2D eigenvalue weighted by Gasteiger charge is 2.34. The lowest BCUT2D eigenvalue weighted by molar-refractivity contribution is -0.140. The number of amides is 2. The Balaban J connectivity index is 2.11. The Kier molecular flexibility index (Phi) is 10.0. The molecule has 0 aliphatic heterocycles. The zero-order valence-electron chi connectivity index (χ0n) is 22.7. The standard InChI is InChI=1S/C29H33Cl2N3O4S/c1-6-26(29(36)32-5)33(17-22-10-11-23(30)16-25(22)31)28(35)18-34(27-14-9-20(3)15-21(27)4)39(37,38)24-12-7-19(2)8-13-24/h7-16,26H,6,17-18H2,1-5H3,(H,32,36)/t26-/m1/s1. The van der Waals surface area contributed by atoms with E-state index in [1.807, 2.05) is 19.9 Å². The van der Waals surface area contributed by atoms with Gasteiger partial charge in [-0.15, -0.1) is 0 Å². The van der Waals surface area contributed by atoms with Crippen LogP contribution in [0.1, 0.15) is 35.6 Å². The van der Waals surface area contributed by atoms with Crippen molar-refractivity contribution in [3.05, 3.63) is 93.0 Å². The summed E-state index contributed by atoms with van der Waals surface area (Å²) in [5.74, 6) is -0.914. The largest absolute Gasteiger partial charge is 0.357 e. The van der Waals surface area contributed by atoms with Crippen molar-refractivity contribution in [2.24, 2.45) is 0 Å². The lowest BCUT2D eigenvalue weighted by Crippen LogP contribution is -2.51. The number of halogens is 2. The van der Waals surface area contributed by atoms with Gasteiger partial charge in [-0.05, 0) is 68.7 Å². The van der Waals surface area contributed by atoms with Gasteiger partial charge in [-0.3, -0.25) is 13.9 Å². The van der Waals surface area contributed by atoms with Crippen LogP contribution in [0.2, 0.25) is 10.0 Å². The molecule has 0 aliphatic rings. The van der Waals surface area contributed by atoms with Crippen LogP contribution < -0.4 is 9.62 Å². The van der Waals surface area contributed by atoms with Crippen LogP contribution in [0.4, 0.5) is 5.69 Å². The van der Waals surface area contributed by atoms with Crippen LogP contribution in [-0.2, 0) is 26.2 Å². The third-order valence-electron chi connectivity index (χ3n) is 6.50. The molecule has 1 atom stereocenters. The van der Waals surface area contributed by atoms with E-state index in [4.69, 9.17) is 23.2 Å². The van der Waals surface area contributed by atoms with Crippen molar-refractivity contribution in [3.63, 3.8) is 0 Å². The molecule has 10 heteroatoms. The van der Waals surface area contributed by atoms with Crippen LogP contribution in [0.3, 0.4) is 0 Å². The van der Waals surface area contributed by atoms with Gasteiger partial charge >= 0.3 is 0 Å². The van der Waals surface area contributed by atoms with Crippen molar-refractivity contribution in [2.45, 2.75) is 51.6 Å². The second kappa shape index (κ2) is 12.9. The first-order chi connectivity index (χ1) is 18.4. The van der Waals surface area contributed by atoms with Gasteiger partial charge in [-0.2, -0.15) is 0 Å². The van der Waals surface area contributed by atoms with Gasteiger partial charge < -0.3 is 10.2 Å². The topological polar surface area (TPSA) is 86.8 Å². The molecule has 0 radical (unpaired) electrons. The molecule has 3 aromatic carbocycles. The molecular formula is C29H33Cl2N3O4S. The highest BCUT2D eigenvalue weighted by Crippen LogP contribution is 2.29. The fraction of sp³-hybridized carbons (Fsp3) is 0.310. The van der Waals surface area contributed by atoms with Crippen molar-refractivity contribution in [3.8, 4) is 0 Å². The highest BCUT2D eigenvalue weighted by molar-refractivity contribution is 7.92. The molecule has 0 fully saturated rings. The summed E-state index contributed by atoms with van der Waals surface area (Å²) in [5, 5.41) is 3.38. The van der Waals surface area contributed by atoms with E-state index in [1.54, 1.807) is 56.3 Å². The van der Waals surface area contributed by atoms with E-state index in [1.165, 1.54) is 24.1 Å². The van der Waals surface area contributed by atoms with E-state index >= 15 is 0 Å². The Hall–Kier alpha value is -3.07. The number of nitrogens with zero attached hydrogens (tertiary/aromatic N) is 2. The minimum Gasteiger partial charge on any atom is -0.357 e. The Morgan fingerprint density at radius 3 is 2.13 bits per heavy atom. The zero-order chi connectivity index (χ0) is 28.9. The van der Waals surface area contributed by atoms with E-state index in [-0.39, 0.29) is 17.3 Å². The van der Waals surface area contributed by atoms with Crippen LogP contribution in [0, 0.1) is 20.8 Å². The van der Waals surface area contributed by atoms with Crippen LogP contribution in [-0.4, -0.2) is 44.8 Å². The number of carbonyl (C=O) groups excluding carboxylic acids is 2. The average molecular weight is 591 g/mol. The quantitative estimate of drug-likeness (QED) is 0.330. The highest BCUT2D eigenvalue weighted by atomic mass is 35.5. The number of aryl methyl sites for hydroxylation is 3. The lowest BCUT2D eigenvalue weighted by atomic mass is 10.1. The van der Waals surface area contributed by atoms with Crippen LogP contribution in [0.25, 0.3) is 0 Å². The van der Waals surface area contributed by atoms with E-state index in [2.05, 4.69) is 5.32 Å². The molecule has 3 rings (SSSR count). The van der Waals surface area contributed by atoms with Crippen molar-refractivity contribution < 1.29 is 18.0 Å². The fourth-order valence-corrected chi connectivity index (χ4v) is 6.30. The van der Waals surface area contributed by atoms with E-state index in [0.29, 0.717) is 33.3 Å². The number of sulfonamides is 1. The molecule has 3 aromatic rings. The maximum atomic E-state index is 14.0. The minimum atomic E-state index is -4.14. The summed E-state index contributed by atoms with van der Waals surface area (Å²) in [6.07, 6.45) is 0.310. The summed E-state index contributed by atoms with van der Waals surface area (Å²) < 4.78 is 29.0. The summed E-state index contributed by atoms with van der Waals surface area (Å²) in [5.41, 5.74) is 3.53. The maximum Gasteiger partial charge on any atom is 0.264 e. The number of hydrogen-bond acceptors (Lipinski definition) is 4. The number of hydrogen-bond donors (Lipinski definition) is 1. The second-order valence-electron chi connectivity index (χ2n) is 9.41. The van der Waals surface area contributed by atoms with Crippen molar-refractivity contribution in [2.75, 3.05) is 17.9 Å². The van der Waals surface area contributed by atoms with Gasteiger partial charge in [0.15, 0.2) is 0 Å². The molecule has 39 heavy (non-hydrogen) atoms. The molecule has 0 aliphatic carbocycles. The monoisotopic (exact) mass is 589 g/mol. The fourth-order valence-electron chi connectivity index (χ4n) is 4.36. The normalized spacial score (nSPS) is 12.1. The zero-order valence-corrected chi connectivity index (χ0v) is 25.0. The van der Waals surface area contributed by atoms with Gasteiger partial charge in [0.25, 0.3) is 10.0 Å². The Morgan fingerprint density at radius 1 is 0.923 bits per heavy atom. The maximum absolute atomic E-state index is 14.0. The van der Waals surface area contributed by atoms with Gasteiger partial charge in [0.05, 0.1) is 10.6 Å². The first kappa shape index (κ1) is 30.5. The van der Waals surface area contributed by atoms with Crippen LogP contribution >= 0.6 is 23.2 Å². The van der Waals surface area contributed by atoms with Gasteiger partial charge in [0.2, 0.25) is 11.8 Å². The summed E-state index contributed by atoms with van der Waals surface area (Å²) in [6, 6.07) is 15.9. The molecule has 0 bridgehead atoms. The van der Waals surface area contributed by atoms with Gasteiger partial charge in [0.1, 0.15) is 12.6 Å². The van der Waals surface area contributed by atoms with Crippen molar-refractivity contribution in [1.29, 1.82) is 0 Å². The average Bonchev–Trinajstić information content (AvgIpc) is 2.88. The Morgan fingerprint density at radius 2 is 1.56 bits per heavy atom. The van der Waals surface area contributed by atoms with Gasteiger partial charge in [-0.1, -0.05) is 71.6 Å². The molecule has 0 heterocycles. The van der Waals surface area contributed by atoms with Crippen molar-refractivity contribution in [1.82, 2.24) is 10.2 Å². The summed E-state index contributed by atoms with van der Waals surface area (Å²) in [6.45, 7) is 6.84. The summed E-state index contributed by atoms with van der Waals surface area (Å²) in [4.78, 5) is 28.3. The molecule has 1 N–H and O–H groups in total. The predicted molar refractivity (Wildman–Crippen MR) is 157 cm³/mol. The predicted octanol–water partition coefficient (Wildman–Crippen LogP) is 5.67. The van der Waals surface area contributed by atoms with Crippen molar-refractivity contribution >= 4 is 50.7 Å². The Labute approximate surface area is 240 Å².